The van der Waals surface area contributed by atoms with Gasteiger partial charge in [-0.05, 0) is 32.0 Å². The molecular formula is C15H19F2N3O2. The molecule has 1 aromatic carbocycles. The van der Waals surface area contributed by atoms with Crippen LogP contribution in [0.25, 0.3) is 0 Å². The number of anilines is 1. The molecule has 1 heterocycles. The number of carbonyl (C=O) groups excluding carboxylic acids is 2. The average Bonchev–Trinajstić information content (AvgIpc) is 3.02. The molecule has 0 aliphatic carbocycles. The van der Waals surface area contributed by atoms with Crippen molar-refractivity contribution in [2.24, 2.45) is 5.92 Å². The highest BCUT2D eigenvalue weighted by atomic mass is 19.1. The molecule has 2 N–H and O–H groups in total. The number of nitrogens with one attached hydrogen (secondary N) is 2. The number of halogens is 2. The lowest BCUT2D eigenvalue weighted by molar-refractivity contribution is -0.137. The molecule has 0 spiro atoms. The maximum Gasteiger partial charge on any atom is 0.244 e. The van der Waals surface area contributed by atoms with Gasteiger partial charge in [0.1, 0.15) is 17.3 Å². The molecule has 1 unspecified atom stereocenters. The zero-order valence-corrected chi connectivity index (χ0v) is 12.4. The molecule has 1 atom stereocenters. The van der Waals surface area contributed by atoms with Crippen molar-refractivity contribution in [1.82, 2.24) is 10.2 Å². The highest BCUT2D eigenvalue weighted by Crippen LogP contribution is 2.18. The Balaban J connectivity index is 1.98. The van der Waals surface area contributed by atoms with Gasteiger partial charge in [-0.15, -0.1) is 0 Å². The summed E-state index contributed by atoms with van der Waals surface area (Å²) in [5.41, 5.74) is -0.487. The van der Waals surface area contributed by atoms with E-state index in [9.17, 15) is 18.4 Å². The van der Waals surface area contributed by atoms with Crippen LogP contribution >= 0.6 is 0 Å². The van der Waals surface area contributed by atoms with Crippen LogP contribution in [-0.4, -0.2) is 42.9 Å². The van der Waals surface area contributed by atoms with Gasteiger partial charge >= 0.3 is 0 Å². The second-order valence-electron chi connectivity index (χ2n) is 5.19. The number of hydrogen-bond acceptors (Lipinski definition) is 3. The van der Waals surface area contributed by atoms with Gasteiger partial charge in [-0.3, -0.25) is 9.59 Å². The largest absolute Gasteiger partial charge is 0.333 e. The molecule has 1 fully saturated rings. The molecule has 5 nitrogen and oxygen atoms in total. The first-order chi connectivity index (χ1) is 10.5. The second kappa shape index (κ2) is 7.31. The Morgan fingerprint density at radius 2 is 2.05 bits per heavy atom. The van der Waals surface area contributed by atoms with Crippen LogP contribution in [0.5, 0.6) is 0 Å². The molecule has 0 bridgehead atoms. The summed E-state index contributed by atoms with van der Waals surface area (Å²) in [5, 5.41) is 5.28. The lowest BCUT2D eigenvalue weighted by Gasteiger charge is -2.23. The van der Waals surface area contributed by atoms with Crippen LogP contribution in [0.2, 0.25) is 0 Å². The molecular weight excluding hydrogens is 292 g/mol. The van der Waals surface area contributed by atoms with Crippen LogP contribution in [0.1, 0.15) is 13.3 Å². The maximum absolute atomic E-state index is 13.5. The van der Waals surface area contributed by atoms with Gasteiger partial charge in [-0.2, -0.15) is 0 Å². The fourth-order valence-corrected chi connectivity index (χ4v) is 2.44. The predicted octanol–water partition coefficient (Wildman–Crippen LogP) is 1.36. The minimum Gasteiger partial charge on any atom is -0.333 e. The zero-order chi connectivity index (χ0) is 16.1. The summed E-state index contributed by atoms with van der Waals surface area (Å²) < 4.78 is 27.0. The van der Waals surface area contributed by atoms with E-state index in [4.69, 9.17) is 0 Å². The van der Waals surface area contributed by atoms with Gasteiger partial charge in [-0.25, -0.2) is 8.78 Å². The van der Waals surface area contributed by atoms with E-state index < -0.39 is 23.2 Å². The standard InChI is InChI=1S/C15H19F2N3O2/c1-2-20(15(22)10-6-7-18-8-10)9-13(21)19-14-11(16)4-3-5-12(14)17/h3-5,10,18H,2,6-9H2,1H3,(H,19,21). The number of likely N-dealkylation sites (N-methyl/N-ethyl adjacent to an activating group) is 1. The first-order valence-electron chi connectivity index (χ1n) is 7.26. The summed E-state index contributed by atoms with van der Waals surface area (Å²) in [6.45, 7) is 3.28. The van der Waals surface area contributed by atoms with Crippen LogP contribution in [0, 0.1) is 17.6 Å². The number of benzene rings is 1. The van der Waals surface area contributed by atoms with Crippen LogP contribution in [0.3, 0.4) is 0 Å². The molecule has 0 radical (unpaired) electrons. The smallest absolute Gasteiger partial charge is 0.244 e. The third-order valence-corrected chi connectivity index (χ3v) is 3.66. The number of carbonyl (C=O) groups is 2. The summed E-state index contributed by atoms with van der Waals surface area (Å²) in [4.78, 5) is 25.6. The quantitative estimate of drug-likeness (QED) is 0.863. The SMILES string of the molecule is CCN(CC(=O)Nc1c(F)cccc1F)C(=O)C1CCNC1. The highest BCUT2D eigenvalue weighted by molar-refractivity contribution is 5.95. The van der Waals surface area contributed by atoms with Crippen molar-refractivity contribution in [3.05, 3.63) is 29.8 Å². The number of nitrogens with zero attached hydrogens (tertiary/aromatic N) is 1. The number of amides is 2. The van der Waals surface area contributed by atoms with Crippen molar-refractivity contribution < 1.29 is 18.4 Å². The monoisotopic (exact) mass is 311 g/mol. The molecule has 1 aromatic rings. The third-order valence-electron chi connectivity index (χ3n) is 3.66. The van der Waals surface area contributed by atoms with Gasteiger partial charge < -0.3 is 15.5 Å². The third kappa shape index (κ3) is 3.79. The van der Waals surface area contributed by atoms with Crippen LogP contribution in [0.4, 0.5) is 14.5 Å². The van der Waals surface area contributed by atoms with Gasteiger partial charge in [0.05, 0.1) is 12.5 Å². The Bertz CT molecular complexity index is 539. The summed E-state index contributed by atoms with van der Waals surface area (Å²) in [6, 6.07) is 3.34. The van der Waals surface area contributed by atoms with Gasteiger partial charge in [-0.1, -0.05) is 6.07 Å². The minimum absolute atomic E-state index is 0.114. The summed E-state index contributed by atoms with van der Waals surface area (Å²) in [7, 11) is 0. The van der Waals surface area contributed by atoms with E-state index in [1.165, 1.54) is 11.0 Å². The Kier molecular flexibility index (Phi) is 5.43. The van der Waals surface area contributed by atoms with Crippen molar-refractivity contribution >= 4 is 17.5 Å². The first kappa shape index (κ1) is 16.4. The molecule has 1 aliphatic rings. The van der Waals surface area contributed by atoms with E-state index in [0.717, 1.165) is 25.1 Å². The van der Waals surface area contributed by atoms with Crippen molar-refractivity contribution in [3.63, 3.8) is 0 Å². The topological polar surface area (TPSA) is 61.4 Å². The van der Waals surface area contributed by atoms with Crippen molar-refractivity contribution in [2.75, 3.05) is 31.5 Å². The van der Waals surface area contributed by atoms with Gasteiger partial charge in [0, 0.05) is 13.1 Å². The fourth-order valence-electron chi connectivity index (χ4n) is 2.44. The second-order valence-corrected chi connectivity index (χ2v) is 5.19. The Morgan fingerprint density at radius 3 is 2.59 bits per heavy atom. The lowest BCUT2D eigenvalue weighted by atomic mass is 10.1. The van der Waals surface area contributed by atoms with E-state index in [1.807, 2.05) is 0 Å². The van der Waals surface area contributed by atoms with Gasteiger partial charge in [0.25, 0.3) is 0 Å². The lowest BCUT2D eigenvalue weighted by Crippen LogP contribution is -2.41. The predicted molar refractivity (Wildman–Crippen MR) is 78.2 cm³/mol. The number of rotatable bonds is 5. The number of para-hydroxylation sites is 1. The Morgan fingerprint density at radius 1 is 1.36 bits per heavy atom. The summed E-state index contributed by atoms with van der Waals surface area (Å²) >= 11 is 0. The Labute approximate surface area is 127 Å². The molecule has 1 saturated heterocycles. The highest BCUT2D eigenvalue weighted by Gasteiger charge is 2.27. The summed E-state index contributed by atoms with van der Waals surface area (Å²) in [6.07, 6.45) is 0.735. The van der Waals surface area contributed by atoms with Gasteiger partial charge in [0.15, 0.2) is 0 Å². The van der Waals surface area contributed by atoms with Crippen LogP contribution in [0.15, 0.2) is 18.2 Å². The molecule has 120 valence electrons. The molecule has 0 aromatic heterocycles. The summed E-state index contributed by atoms with van der Waals surface area (Å²) in [5.74, 6) is -2.56. The van der Waals surface area contributed by atoms with E-state index in [0.29, 0.717) is 13.1 Å². The molecule has 1 aliphatic heterocycles. The maximum atomic E-state index is 13.5. The first-order valence-corrected chi connectivity index (χ1v) is 7.26. The van der Waals surface area contributed by atoms with E-state index >= 15 is 0 Å². The minimum atomic E-state index is -0.845. The van der Waals surface area contributed by atoms with Crippen molar-refractivity contribution in [2.45, 2.75) is 13.3 Å². The molecule has 22 heavy (non-hydrogen) atoms. The normalized spacial score (nSPS) is 17.3. The fraction of sp³-hybridized carbons (Fsp3) is 0.467. The van der Waals surface area contributed by atoms with Crippen LogP contribution in [-0.2, 0) is 9.59 Å². The van der Waals surface area contributed by atoms with Crippen molar-refractivity contribution in [3.8, 4) is 0 Å². The van der Waals surface area contributed by atoms with Gasteiger partial charge in [0.2, 0.25) is 11.8 Å². The van der Waals surface area contributed by atoms with E-state index in [-0.39, 0.29) is 18.4 Å². The average molecular weight is 311 g/mol. The zero-order valence-electron chi connectivity index (χ0n) is 12.4. The molecule has 0 saturated carbocycles. The van der Waals surface area contributed by atoms with Crippen molar-refractivity contribution in [1.29, 1.82) is 0 Å². The van der Waals surface area contributed by atoms with E-state index in [1.54, 1.807) is 6.92 Å². The molecule has 2 rings (SSSR count). The van der Waals surface area contributed by atoms with E-state index in [2.05, 4.69) is 10.6 Å². The Hall–Kier alpha value is -2.02. The molecule has 2 amide bonds. The van der Waals surface area contributed by atoms with Crippen LogP contribution < -0.4 is 10.6 Å². The molecule has 7 heteroatoms. The number of hydrogen-bond donors (Lipinski definition) is 2.